The minimum Gasteiger partial charge on any atom is -0.480 e. The summed E-state index contributed by atoms with van der Waals surface area (Å²) in [4.78, 5) is 35.3. The summed E-state index contributed by atoms with van der Waals surface area (Å²) in [5, 5.41) is 11.4. The second-order valence-corrected chi connectivity index (χ2v) is 4.68. The summed E-state index contributed by atoms with van der Waals surface area (Å²) in [5.41, 5.74) is 0.941. The number of aliphatic carboxylic acids is 1. The van der Waals surface area contributed by atoms with Crippen LogP contribution >= 0.6 is 0 Å². The highest BCUT2D eigenvalue weighted by Gasteiger charge is 2.19. The lowest BCUT2D eigenvalue weighted by Gasteiger charge is -2.25. The highest BCUT2D eigenvalue weighted by Crippen LogP contribution is 2.12. The zero-order valence-corrected chi connectivity index (χ0v) is 11.7. The summed E-state index contributed by atoms with van der Waals surface area (Å²) in [6.45, 7) is 4.52. The molecule has 0 saturated heterocycles. The quantitative estimate of drug-likeness (QED) is 0.808. The van der Waals surface area contributed by atoms with Gasteiger partial charge < -0.3 is 15.3 Å². The smallest absolute Gasteiger partial charge is 0.323 e. The molecule has 1 rings (SSSR count). The lowest BCUT2D eigenvalue weighted by Crippen LogP contribution is -2.43. The van der Waals surface area contributed by atoms with Gasteiger partial charge in [0.15, 0.2) is 5.78 Å². The number of ketones is 1. The molecule has 1 aromatic carbocycles. The maximum atomic E-state index is 12.0. The van der Waals surface area contributed by atoms with Gasteiger partial charge in [-0.25, -0.2) is 4.79 Å². The first kappa shape index (κ1) is 15.7. The van der Waals surface area contributed by atoms with Crippen LogP contribution in [0.25, 0.3) is 0 Å². The van der Waals surface area contributed by atoms with E-state index < -0.39 is 12.0 Å². The first-order valence-corrected chi connectivity index (χ1v) is 6.21. The second kappa shape index (κ2) is 6.70. The molecule has 108 valence electrons. The maximum absolute atomic E-state index is 12.0. The van der Waals surface area contributed by atoms with Crippen LogP contribution in [0.2, 0.25) is 0 Å². The standard InChI is InChI=1S/C14H18N2O4/c1-9(2)16(8-13(18)19)14(20)15-12-6-4-5-11(7-12)10(3)17/h4-7,9H,8H2,1-3H3,(H,15,20)(H,18,19). The molecule has 0 aliphatic heterocycles. The number of nitrogens with zero attached hydrogens (tertiary/aromatic N) is 1. The van der Waals surface area contributed by atoms with E-state index in [4.69, 9.17) is 5.11 Å². The topological polar surface area (TPSA) is 86.7 Å². The fourth-order valence-corrected chi connectivity index (χ4v) is 1.65. The highest BCUT2D eigenvalue weighted by atomic mass is 16.4. The zero-order valence-electron chi connectivity index (χ0n) is 11.7. The number of anilines is 1. The van der Waals surface area contributed by atoms with Gasteiger partial charge in [-0.05, 0) is 32.9 Å². The summed E-state index contributed by atoms with van der Waals surface area (Å²) >= 11 is 0. The molecule has 0 bridgehead atoms. The van der Waals surface area contributed by atoms with Crippen LogP contribution in [-0.4, -0.2) is 40.4 Å². The van der Waals surface area contributed by atoms with Gasteiger partial charge in [-0.3, -0.25) is 9.59 Å². The van der Waals surface area contributed by atoms with Gasteiger partial charge in [-0.1, -0.05) is 12.1 Å². The van der Waals surface area contributed by atoms with Gasteiger partial charge in [0, 0.05) is 17.3 Å². The number of carboxylic acid groups (broad SMARTS) is 1. The van der Waals surface area contributed by atoms with Crippen LogP contribution in [0, 0.1) is 0 Å². The predicted octanol–water partition coefficient (Wildman–Crippen LogP) is 2.22. The summed E-state index contributed by atoms with van der Waals surface area (Å²) in [5.74, 6) is -1.18. The monoisotopic (exact) mass is 278 g/mol. The summed E-state index contributed by atoms with van der Waals surface area (Å²) in [6, 6.07) is 5.74. The summed E-state index contributed by atoms with van der Waals surface area (Å²) in [7, 11) is 0. The predicted molar refractivity (Wildman–Crippen MR) is 74.9 cm³/mol. The Morgan fingerprint density at radius 2 is 1.95 bits per heavy atom. The van der Waals surface area contributed by atoms with Crippen molar-refractivity contribution < 1.29 is 19.5 Å². The normalized spacial score (nSPS) is 10.2. The Balaban J connectivity index is 2.85. The molecule has 2 N–H and O–H groups in total. The Bertz CT molecular complexity index is 526. The third kappa shape index (κ3) is 4.38. The van der Waals surface area contributed by atoms with E-state index in [9.17, 15) is 14.4 Å². The van der Waals surface area contributed by atoms with Crippen LogP contribution in [0.3, 0.4) is 0 Å². The number of nitrogens with one attached hydrogen (secondary N) is 1. The van der Waals surface area contributed by atoms with Crippen molar-refractivity contribution in [3.8, 4) is 0 Å². The van der Waals surface area contributed by atoms with Crippen molar-refractivity contribution in [3.05, 3.63) is 29.8 Å². The molecular formula is C14H18N2O4. The van der Waals surface area contributed by atoms with Gasteiger partial charge in [0.2, 0.25) is 0 Å². The SMILES string of the molecule is CC(=O)c1cccc(NC(=O)N(CC(=O)O)C(C)C)c1. The van der Waals surface area contributed by atoms with Gasteiger partial charge in [0.05, 0.1) is 0 Å². The molecule has 0 fully saturated rings. The van der Waals surface area contributed by atoms with Gasteiger partial charge in [0.1, 0.15) is 6.54 Å². The molecule has 0 radical (unpaired) electrons. The molecule has 0 aromatic heterocycles. The van der Waals surface area contributed by atoms with Crippen LogP contribution in [0.5, 0.6) is 0 Å². The number of carboxylic acids is 1. The molecule has 6 heteroatoms. The van der Waals surface area contributed by atoms with E-state index in [0.29, 0.717) is 11.3 Å². The average molecular weight is 278 g/mol. The number of carbonyl (C=O) groups excluding carboxylic acids is 2. The molecule has 0 atom stereocenters. The van der Waals surface area contributed by atoms with Crippen LogP contribution in [0.1, 0.15) is 31.1 Å². The van der Waals surface area contributed by atoms with Crippen molar-refractivity contribution in [1.82, 2.24) is 4.90 Å². The number of benzene rings is 1. The third-order valence-corrected chi connectivity index (χ3v) is 2.71. The first-order chi connectivity index (χ1) is 9.31. The van der Waals surface area contributed by atoms with E-state index in [1.807, 2.05) is 0 Å². The summed E-state index contributed by atoms with van der Waals surface area (Å²) < 4.78 is 0. The molecule has 20 heavy (non-hydrogen) atoms. The fraction of sp³-hybridized carbons (Fsp3) is 0.357. The van der Waals surface area contributed by atoms with E-state index in [0.717, 1.165) is 0 Å². The number of urea groups is 1. The Morgan fingerprint density at radius 1 is 1.30 bits per heavy atom. The van der Waals surface area contributed by atoms with E-state index >= 15 is 0 Å². The lowest BCUT2D eigenvalue weighted by atomic mass is 10.1. The summed E-state index contributed by atoms with van der Waals surface area (Å²) in [6.07, 6.45) is 0. The highest BCUT2D eigenvalue weighted by molar-refractivity contribution is 5.97. The van der Waals surface area contributed by atoms with Crippen LogP contribution < -0.4 is 5.32 Å². The Hall–Kier alpha value is -2.37. The number of carbonyl (C=O) groups is 3. The molecule has 0 unspecified atom stereocenters. The van der Waals surface area contributed by atoms with E-state index in [2.05, 4.69) is 5.32 Å². The van der Waals surface area contributed by atoms with Crippen LogP contribution in [0.4, 0.5) is 10.5 Å². The third-order valence-electron chi connectivity index (χ3n) is 2.71. The molecular weight excluding hydrogens is 260 g/mol. The number of rotatable bonds is 5. The average Bonchev–Trinajstić information content (AvgIpc) is 2.35. The number of hydrogen-bond donors (Lipinski definition) is 2. The minimum absolute atomic E-state index is 0.104. The molecule has 0 heterocycles. The molecule has 0 spiro atoms. The van der Waals surface area contributed by atoms with Crippen molar-refractivity contribution in [2.45, 2.75) is 26.8 Å². The first-order valence-electron chi connectivity index (χ1n) is 6.21. The fourth-order valence-electron chi connectivity index (χ4n) is 1.65. The van der Waals surface area contributed by atoms with Crippen LogP contribution in [-0.2, 0) is 4.79 Å². The van der Waals surface area contributed by atoms with Crippen molar-refractivity contribution in [3.63, 3.8) is 0 Å². The molecule has 0 aliphatic rings. The molecule has 2 amide bonds. The molecule has 0 saturated carbocycles. The Labute approximate surface area is 117 Å². The lowest BCUT2D eigenvalue weighted by molar-refractivity contribution is -0.137. The molecule has 1 aromatic rings. The van der Waals surface area contributed by atoms with Gasteiger partial charge in [-0.2, -0.15) is 0 Å². The van der Waals surface area contributed by atoms with Crippen molar-refractivity contribution >= 4 is 23.5 Å². The van der Waals surface area contributed by atoms with Gasteiger partial charge in [0.25, 0.3) is 0 Å². The molecule has 6 nitrogen and oxygen atoms in total. The number of amides is 2. The van der Waals surface area contributed by atoms with Gasteiger partial charge >= 0.3 is 12.0 Å². The Kier molecular flexibility index (Phi) is 5.25. The number of Topliss-reactive ketones (excluding diaryl/α,β-unsaturated/α-hetero) is 1. The van der Waals surface area contributed by atoms with Crippen molar-refractivity contribution in [1.29, 1.82) is 0 Å². The van der Waals surface area contributed by atoms with Crippen LogP contribution in [0.15, 0.2) is 24.3 Å². The zero-order chi connectivity index (χ0) is 15.3. The van der Waals surface area contributed by atoms with E-state index in [-0.39, 0.29) is 18.4 Å². The largest absolute Gasteiger partial charge is 0.480 e. The maximum Gasteiger partial charge on any atom is 0.323 e. The van der Waals surface area contributed by atoms with Crippen molar-refractivity contribution in [2.75, 3.05) is 11.9 Å². The Morgan fingerprint density at radius 3 is 2.45 bits per heavy atom. The van der Waals surface area contributed by atoms with Crippen molar-refractivity contribution in [2.24, 2.45) is 0 Å². The van der Waals surface area contributed by atoms with E-state index in [1.54, 1.807) is 38.1 Å². The van der Waals surface area contributed by atoms with Gasteiger partial charge in [-0.15, -0.1) is 0 Å². The minimum atomic E-state index is -1.08. The second-order valence-electron chi connectivity index (χ2n) is 4.68. The molecule has 0 aliphatic carbocycles. The van der Waals surface area contributed by atoms with E-state index in [1.165, 1.54) is 11.8 Å². The number of hydrogen-bond acceptors (Lipinski definition) is 3.